The summed E-state index contributed by atoms with van der Waals surface area (Å²) in [4.78, 5) is 102. The van der Waals surface area contributed by atoms with Gasteiger partial charge in [-0.25, -0.2) is 9.59 Å². The van der Waals surface area contributed by atoms with Gasteiger partial charge in [0.25, 0.3) is 11.1 Å². The number of Topliss-reactive ketones (excluding diaryl/α,β-unsaturated/α-hetero) is 1. The van der Waals surface area contributed by atoms with Gasteiger partial charge in [0, 0.05) is 37.4 Å². The Morgan fingerprint density at radius 2 is 0.750 bits per heavy atom. The fraction of sp³-hybridized carbons (Fsp3) is 0.368. The summed E-state index contributed by atoms with van der Waals surface area (Å²) in [6, 6.07) is 51.9. The maximum atomic E-state index is 12.6. The number of aromatic amines is 2. The number of carbonyl (C=O) groups excluding carboxylic acids is 3. The Hall–Kier alpha value is -10.2. The zero-order chi connectivity index (χ0) is 72.3. The number of hydrogen-bond donors (Lipinski definition) is 3. The first kappa shape index (κ1) is 78.8. The molecule has 6 aromatic carbocycles. The fourth-order valence-corrected chi connectivity index (χ4v) is 10.6. The summed E-state index contributed by atoms with van der Waals surface area (Å²) in [6.45, 7) is 11.6. The van der Waals surface area contributed by atoms with Crippen LogP contribution in [0, 0.1) is 0 Å². The highest BCUT2D eigenvalue weighted by molar-refractivity contribution is 5.82. The quantitative estimate of drug-likeness (QED) is 0.0240. The number of carboxylic acids is 1. The molecule has 100 heavy (non-hydrogen) atoms. The van der Waals surface area contributed by atoms with Crippen LogP contribution < -0.4 is 41.4 Å². The molecule has 8 aromatic rings. The van der Waals surface area contributed by atoms with E-state index in [9.17, 15) is 38.4 Å². The van der Waals surface area contributed by atoms with Gasteiger partial charge < -0.3 is 57.4 Å². The molecule has 0 radical (unpaired) electrons. The minimum Gasteiger partial charge on any atom is -0.497 e. The van der Waals surface area contributed by atoms with Crippen molar-refractivity contribution in [1.82, 2.24) is 24.0 Å². The number of aliphatic carboxylic acids is 1. The predicted octanol–water partition coefficient (Wildman–Crippen LogP) is 8.95. The number of nitrogens with one attached hydrogen (secondary N) is 2. The summed E-state index contributed by atoms with van der Waals surface area (Å²) >= 11 is 0. The fourth-order valence-electron chi connectivity index (χ4n) is 10.6. The van der Waals surface area contributed by atoms with Gasteiger partial charge in [-0.15, -0.1) is 0 Å². The molecule has 3 N–H and O–H groups in total. The number of esters is 2. The van der Waals surface area contributed by atoms with Crippen molar-refractivity contribution in [2.75, 3.05) is 87.7 Å². The van der Waals surface area contributed by atoms with Gasteiger partial charge in [0.15, 0.2) is 0 Å². The number of rotatable bonds is 38. The van der Waals surface area contributed by atoms with E-state index in [4.69, 9.17) is 52.5 Å². The topological polar surface area (TPSA) is 294 Å². The Morgan fingerprint density at radius 3 is 1.03 bits per heavy atom. The molecule has 0 aliphatic rings. The molecule has 2 aromatic heterocycles. The number of methoxy groups -OCH3 is 4. The number of carbonyl (C=O) groups is 4. The number of ketones is 1. The SMILES string of the molecule is CCC(=O)CCC(=O)OC[C@@H](COC(c1ccccc1)(c1ccc(OC)cc1)c1ccc(OC)cc1)OCCn1ccc(=O)[nH]c1=O.CCN(CC)CC.COc1ccc(C(OC[C@H](COC(=O)CCC(=O)O)OCCn2ccc(=O)[nH]c2=O)(c2ccccc2)c2ccc(OC)cc2)cc1. The molecule has 24 heteroatoms. The van der Waals surface area contributed by atoms with E-state index in [1.54, 1.807) is 35.4 Å². The molecule has 0 spiro atoms. The lowest BCUT2D eigenvalue weighted by Gasteiger charge is -2.37. The molecular weight excluding hydrogens is 1290 g/mol. The third-order valence-electron chi connectivity index (χ3n) is 16.2. The lowest BCUT2D eigenvalue weighted by atomic mass is 9.80. The normalized spacial score (nSPS) is 11.8. The molecule has 0 bridgehead atoms. The zero-order valence-electron chi connectivity index (χ0n) is 57.9. The van der Waals surface area contributed by atoms with Crippen molar-refractivity contribution < 1.29 is 71.7 Å². The number of benzene rings is 6. The Balaban J connectivity index is 0.000000287. The van der Waals surface area contributed by atoms with Gasteiger partial charge in [0.05, 0.1) is 87.2 Å². The number of carboxylic acid groups (broad SMARTS) is 1. The molecule has 0 unspecified atom stereocenters. The second kappa shape index (κ2) is 41.2. The third kappa shape index (κ3) is 23.5. The van der Waals surface area contributed by atoms with E-state index >= 15 is 0 Å². The molecule has 0 amide bonds. The van der Waals surface area contributed by atoms with Crippen LogP contribution in [0.25, 0.3) is 0 Å². The summed E-state index contributed by atoms with van der Waals surface area (Å²) in [5, 5.41) is 8.95. The number of aromatic nitrogens is 4. The molecule has 8 rings (SSSR count). The first-order valence-corrected chi connectivity index (χ1v) is 33.0. The van der Waals surface area contributed by atoms with Crippen molar-refractivity contribution in [3.63, 3.8) is 0 Å². The molecule has 0 aliphatic carbocycles. The van der Waals surface area contributed by atoms with Gasteiger partial charge in [-0.1, -0.05) is 137 Å². The molecule has 0 saturated carbocycles. The third-order valence-corrected chi connectivity index (χ3v) is 16.2. The summed E-state index contributed by atoms with van der Waals surface area (Å²) in [5.74, 6) is 0.293. The number of nitrogens with zero attached hydrogens (tertiary/aromatic N) is 3. The molecule has 0 fully saturated rings. The summed E-state index contributed by atoms with van der Waals surface area (Å²) in [7, 11) is 6.37. The van der Waals surface area contributed by atoms with Crippen LogP contribution in [-0.2, 0) is 71.9 Å². The van der Waals surface area contributed by atoms with Crippen LogP contribution in [0.15, 0.2) is 201 Å². The maximum absolute atomic E-state index is 12.6. The van der Waals surface area contributed by atoms with Crippen molar-refractivity contribution in [1.29, 1.82) is 0 Å². The summed E-state index contributed by atoms with van der Waals surface area (Å²) < 4.78 is 61.2. The number of hydrogen-bond acceptors (Lipinski definition) is 19. The van der Waals surface area contributed by atoms with E-state index in [1.165, 1.54) is 53.3 Å². The van der Waals surface area contributed by atoms with E-state index in [-0.39, 0.29) is 84.2 Å². The van der Waals surface area contributed by atoms with E-state index in [2.05, 4.69) is 35.6 Å². The molecule has 0 saturated heterocycles. The highest BCUT2D eigenvalue weighted by Crippen LogP contribution is 2.44. The second-order valence-corrected chi connectivity index (χ2v) is 22.5. The average Bonchev–Trinajstić information content (AvgIpc) is 0.708. The molecule has 534 valence electrons. The minimum absolute atomic E-state index is 0.00998. The smallest absolute Gasteiger partial charge is 0.328 e. The standard InChI is InChI=1S/C36H40N2O9.C34H36N2O10.C6H15N/c1-4-29(39)14-19-34(41)46-24-32(45-23-22-38-21-20-33(40)37-35(38)42)25-47-36(26-8-6-5-7-9-26,27-10-15-30(43-2)16-11-27)28-12-17-31(44-3)18-13-28;1-42-27-12-8-25(9-13-27)34(24-6-4-3-5-7-24,26-10-14-28(43-2)15-11-26)46-23-29(22-45-32(40)17-16-31(38)39)44-21-20-36-19-18-30(37)35-33(36)41;1-4-7(5-2)6-3/h5-13,15-18,20-21,32H,4,14,19,22-25H2,1-3H3,(H,37,40,42);3-15,18-19,29H,16-17,20-23H2,1-2H3,(H,38,39)(H,35,37,41);4-6H2,1-3H3/t32-;29-;/m00./s1. The lowest BCUT2D eigenvalue weighted by Crippen LogP contribution is -2.38. The zero-order valence-corrected chi connectivity index (χ0v) is 57.9. The number of H-pyrrole nitrogens is 2. The lowest BCUT2D eigenvalue weighted by molar-refractivity contribution is -0.154. The average molecular weight is 1380 g/mol. The second-order valence-electron chi connectivity index (χ2n) is 22.5. The monoisotopic (exact) mass is 1380 g/mol. The van der Waals surface area contributed by atoms with Crippen LogP contribution in [0.2, 0.25) is 0 Å². The van der Waals surface area contributed by atoms with E-state index in [0.29, 0.717) is 29.4 Å². The first-order valence-electron chi connectivity index (χ1n) is 33.0. The Bertz CT molecular complexity index is 3910. The van der Waals surface area contributed by atoms with E-state index in [1.807, 2.05) is 158 Å². The van der Waals surface area contributed by atoms with Gasteiger partial charge in [-0.05, 0) is 102 Å². The van der Waals surface area contributed by atoms with Crippen LogP contribution in [0.5, 0.6) is 23.0 Å². The molecule has 0 aliphatic heterocycles. The van der Waals surface area contributed by atoms with Gasteiger partial charge in [0.2, 0.25) is 0 Å². The van der Waals surface area contributed by atoms with Gasteiger partial charge in [-0.2, -0.15) is 0 Å². The minimum atomic E-state index is -1.18. The first-order chi connectivity index (χ1) is 48.4. The molecular formula is C76H91N5O19. The van der Waals surface area contributed by atoms with Crippen molar-refractivity contribution in [3.05, 3.63) is 257 Å². The largest absolute Gasteiger partial charge is 0.497 e. The van der Waals surface area contributed by atoms with Gasteiger partial charge in [0.1, 0.15) is 65.4 Å². The van der Waals surface area contributed by atoms with Crippen LogP contribution in [0.4, 0.5) is 0 Å². The van der Waals surface area contributed by atoms with Crippen molar-refractivity contribution >= 4 is 23.7 Å². The highest BCUT2D eigenvalue weighted by Gasteiger charge is 2.40. The number of ether oxygens (including phenoxy) is 10. The Labute approximate surface area is 581 Å². The highest BCUT2D eigenvalue weighted by atomic mass is 16.6. The van der Waals surface area contributed by atoms with Gasteiger partial charge in [-0.3, -0.25) is 47.9 Å². The van der Waals surface area contributed by atoms with Crippen LogP contribution >= 0.6 is 0 Å². The van der Waals surface area contributed by atoms with Crippen molar-refractivity contribution in [2.24, 2.45) is 0 Å². The van der Waals surface area contributed by atoms with Crippen LogP contribution in [0.3, 0.4) is 0 Å². The Morgan fingerprint density at radius 1 is 0.430 bits per heavy atom. The van der Waals surface area contributed by atoms with Crippen LogP contribution in [-0.4, -0.2) is 153 Å². The van der Waals surface area contributed by atoms with E-state index < -0.39 is 63.8 Å². The maximum Gasteiger partial charge on any atom is 0.328 e. The summed E-state index contributed by atoms with van der Waals surface area (Å²) in [5.41, 5.74) is 0.326. The van der Waals surface area contributed by atoms with Gasteiger partial charge >= 0.3 is 29.3 Å². The summed E-state index contributed by atoms with van der Waals surface area (Å²) in [6.07, 6.45) is 0.867. The molecule has 2 heterocycles. The van der Waals surface area contributed by atoms with Crippen molar-refractivity contribution in [2.45, 2.75) is 96.3 Å². The predicted molar refractivity (Wildman–Crippen MR) is 375 cm³/mol. The Kier molecular flexibility index (Phi) is 32.5. The van der Waals surface area contributed by atoms with Crippen LogP contribution in [0.1, 0.15) is 93.2 Å². The molecule has 2 atom stereocenters. The van der Waals surface area contributed by atoms with Crippen molar-refractivity contribution in [3.8, 4) is 23.0 Å². The molecule has 24 nitrogen and oxygen atoms in total. The van der Waals surface area contributed by atoms with E-state index in [0.717, 1.165) is 33.4 Å².